The molecule has 3 N–H and O–H groups in total. The summed E-state index contributed by atoms with van der Waals surface area (Å²) < 4.78 is 0. The normalized spacial score (nSPS) is 10.9. The first-order chi connectivity index (χ1) is 10.7. The van der Waals surface area contributed by atoms with E-state index in [1.165, 1.54) is 6.21 Å². The fraction of sp³-hybridized carbons (Fsp3) is 0. The van der Waals surface area contributed by atoms with Crippen molar-refractivity contribution >= 4 is 28.6 Å². The van der Waals surface area contributed by atoms with Crippen LogP contribution in [0.2, 0.25) is 0 Å². The van der Waals surface area contributed by atoms with Gasteiger partial charge in [0.15, 0.2) is 0 Å². The molecule has 0 aliphatic carbocycles. The molecule has 0 aliphatic heterocycles. The number of aromatic nitrogens is 1. The molecule has 1 heterocycles. The Morgan fingerprint density at radius 1 is 1.09 bits per heavy atom. The van der Waals surface area contributed by atoms with Crippen molar-refractivity contribution in [2.45, 2.75) is 0 Å². The molecule has 0 atom stereocenters. The zero-order chi connectivity index (χ0) is 15.4. The first-order valence-electron chi connectivity index (χ1n) is 6.76. The highest BCUT2D eigenvalue weighted by atomic mass is 16.2. The second-order valence-corrected chi connectivity index (χ2v) is 4.78. The predicted molar refractivity (Wildman–Crippen MR) is 87.7 cm³/mol. The Labute approximate surface area is 127 Å². The van der Waals surface area contributed by atoms with Gasteiger partial charge in [-0.15, -0.1) is 0 Å². The Morgan fingerprint density at radius 3 is 2.59 bits per heavy atom. The van der Waals surface area contributed by atoms with Crippen molar-refractivity contribution in [1.82, 2.24) is 10.4 Å². The van der Waals surface area contributed by atoms with Crippen molar-refractivity contribution in [3.63, 3.8) is 0 Å². The van der Waals surface area contributed by atoms with Gasteiger partial charge in [0.25, 0.3) is 5.91 Å². The summed E-state index contributed by atoms with van der Waals surface area (Å²) in [5.74, 6) is -0.294. The highest BCUT2D eigenvalue weighted by Crippen LogP contribution is 2.12. The fourth-order valence-electron chi connectivity index (χ4n) is 2.03. The zero-order valence-corrected chi connectivity index (χ0v) is 11.7. The van der Waals surface area contributed by atoms with E-state index in [4.69, 9.17) is 5.73 Å². The van der Waals surface area contributed by atoms with Crippen molar-refractivity contribution < 1.29 is 4.79 Å². The average Bonchev–Trinajstić information content (AvgIpc) is 2.55. The van der Waals surface area contributed by atoms with Gasteiger partial charge < -0.3 is 5.73 Å². The molecule has 2 aromatic carbocycles. The summed E-state index contributed by atoms with van der Waals surface area (Å²) in [6, 6.07) is 16.5. The number of nitrogens with zero attached hydrogens (tertiary/aromatic N) is 2. The van der Waals surface area contributed by atoms with Crippen LogP contribution in [0.15, 0.2) is 65.9 Å². The maximum Gasteiger partial charge on any atom is 0.271 e. The van der Waals surface area contributed by atoms with Crippen molar-refractivity contribution in [3.05, 3.63) is 72.1 Å². The van der Waals surface area contributed by atoms with Crippen molar-refractivity contribution in [2.75, 3.05) is 5.73 Å². The van der Waals surface area contributed by atoms with E-state index in [0.717, 1.165) is 10.8 Å². The van der Waals surface area contributed by atoms with E-state index in [1.54, 1.807) is 30.5 Å². The van der Waals surface area contributed by atoms with Crippen LogP contribution >= 0.6 is 0 Å². The van der Waals surface area contributed by atoms with E-state index in [2.05, 4.69) is 15.5 Å². The summed E-state index contributed by atoms with van der Waals surface area (Å²) in [4.78, 5) is 16.1. The molecule has 0 aliphatic rings. The smallest absolute Gasteiger partial charge is 0.271 e. The number of hydrogen-bond acceptors (Lipinski definition) is 4. The fourth-order valence-corrected chi connectivity index (χ4v) is 2.03. The number of nitrogens with one attached hydrogen (secondary N) is 1. The van der Waals surface area contributed by atoms with E-state index >= 15 is 0 Å². The molecule has 1 aromatic heterocycles. The molecule has 3 aromatic rings. The molecule has 0 saturated heterocycles. The minimum Gasteiger partial charge on any atom is -0.399 e. The van der Waals surface area contributed by atoms with Crippen LogP contribution in [0, 0.1) is 0 Å². The van der Waals surface area contributed by atoms with Crippen molar-refractivity contribution in [2.24, 2.45) is 5.10 Å². The molecule has 0 spiro atoms. The van der Waals surface area contributed by atoms with Crippen LogP contribution in [0.1, 0.15) is 16.1 Å². The Hall–Kier alpha value is -3.21. The molecule has 0 saturated carbocycles. The lowest BCUT2D eigenvalue weighted by Gasteiger charge is -2.00. The first kappa shape index (κ1) is 13.8. The molecule has 22 heavy (non-hydrogen) atoms. The van der Waals surface area contributed by atoms with Crippen LogP contribution in [0.25, 0.3) is 10.8 Å². The molecule has 0 radical (unpaired) electrons. The monoisotopic (exact) mass is 290 g/mol. The Bertz CT molecular complexity index is 841. The van der Waals surface area contributed by atoms with Gasteiger partial charge >= 0.3 is 0 Å². The molecule has 0 bridgehead atoms. The SMILES string of the molecule is Nc1ccc(C(=O)N/N=C/c2cc3ccccc3cn2)cc1. The summed E-state index contributed by atoms with van der Waals surface area (Å²) >= 11 is 0. The number of nitrogen functional groups attached to an aromatic ring is 1. The Balaban J connectivity index is 1.70. The van der Waals surface area contributed by atoms with E-state index < -0.39 is 0 Å². The lowest BCUT2D eigenvalue weighted by atomic mass is 10.1. The number of anilines is 1. The summed E-state index contributed by atoms with van der Waals surface area (Å²) in [7, 11) is 0. The maximum atomic E-state index is 11.9. The van der Waals surface area contributed by atoms with Gasteiger partial charge in [-0.25, -0.2) is 5.43 Å². The number of rotatable bonds is 3. The predicted octanol–water partition coefficient (Wildman–Crippen LogP) is 2.58. The van der Waals surface area contributed by atoms with Crippen molar-refractivity contribution in [1.29, 1.82) is 0 Å². The molecule has 3 rings (SSSR count). The van der Waals surface area contributed by atoms with Gasteiger partial charge in [-0.2, -0.15) is 5.10 Å². The number of fused-ring (bicyclic) bond motifs is 1. The second-order valence-electron chi connectivity index (χ2n) is 4.78. The van der Waals surface area contributed by atoms with Crippen LogP contribution in [-0.4, -0.2) is 17.1 Å². The van der Waals surface area contributed by atoms with Crippen LogP contribution < -0.4 is 11.2 Å². The number of hydrazone groups is 1. The van der Waals surface area contributed by atoms with Gasteiger partial charge in [-0.3, -0.25) is 9.78 Å². The highest BCUT2D eigenvalue weighted by Gasteiger charge is 2.03. The third-order valence-corrected chi connectivity index (χ3v) is 3.19. The number of pyridine rings is 1. The number of nitrogens with two attached hydrogens (primary N) is 1. The average molecular weight is 290 g/mol. The summed E-state index contributed by atoms with van der Waals surface area (Å²) in [6.07, 6.45) is 3.29. The molecule has 5 heteroatoms. The van der Waals surface area contributed by atoms with Gasteiger partial charge in [0.1, 0.15) is 0 Å². The Kier molecular flexibility index (Phi) is 3.78. The number of carbonyl (C=O) groups is 1. The number of benzene rings is 2. The van der Waals surface area contributed by atoms with E-state index in [1.807, 2.05) is 30.3 Å². The minimum atomic E-state index is -0.294. The Morgan fingerprint density at radius 2 is 1.82 bits per heavy atom. The molecule has 0 fully saturated rings. The maximum absolute atomic E-state index is 11.9. The molecule has 0 unspecified atom stereocenters. The molecule has 1 amide bonds. The summed E-state index contributed by atoms with van der Waals surface area (Å²) in [5.41, 5.74) is 9.83. The highest BCUT2D eigenvalue weighted by molar-refractivity contribution is 5.95. The van der Waals surface area contributed by atoms with Gasteiger partial charge in [0.2, 0.25) is 0 Å². The zero-order valence-electron chi connectivity index (χ0n) is 11.7. The van der Waals surface area contributed by atoms with Gasteiger partial charge in [0.05, 0.1) is 11.9 Å². The summed E-state index contributed by atoms with van der Waals surface area (Å²) in [6.45, 7) is 0. The second kappa shape index (κ2) is 6.05. The van der Waals surface area contributed by atoms with Gasteiger partial charge in [-0.1, -0.05) is 24.3 Å². The van der Waals surface area contributed by atoms with E-state index in [0.29, 0.717) is 16.9 Å². The lowest BCUT2D eigenvalue weighted by Crippen LogP contribution is -2.17. The lowest BCUT2D eigenvalue weighted by molar-refractivity contribution is 0.0955. The molecular formula is C17H14N4O. The van der Waals surface area contributed by atoms with E-state index in [9.17, 15) is 4.79 Å². The van der Waals surface area contributed by atoms with Gasteiger partial charge in [-0.05, 0) is 35.7 Å². The largest absolute Gasteiger partial charge is 0.399 e. The quantitative estimate of drug-likeness (QED) is 0.442. The third-order valence-electron chi connectivity index (χ3n) is 3.19. The first-order valence-corrected chi connectivity index (χ1v) is 6.76. The standard InChI is InChI=1S/C17H14N4O/c18-15-7-5-12(6-8-15)17(22)21-20-11-16-9-13-3-1-2-4-14(13)10-19-16/h1-11H,18H2,(H,21,22)/b20-11+. The molecular weight excluding hydrogens is 276 g/mol. The number of amides is 1. The number of hydrogen-bond donors (Lipinski definition) is 2. The molecule has 5 nitrogen and oxygen atoms in total. The van der Waals surface area contributed by atoms with Crippen LogP contribution in [0.5, 0.6) is 0 Å². The number of carbonyl (C=O) groups excluding carboxylic acids is 1. The van der Waals surface area contributed by atoms with Crippen molar-refractivity contribution in [3.8, 4) is 0 Å². The van der Waals surface area contributed by atoms with Crippen LogP contribution in [0.4, 0.5) is 5.69 Å². The topological polar surface area (TPSA) is 80.4 Å². The minimum absolute atomic E-state index is 0.294. The summed E-state index contributed by atoms with van der Waals surface area (Å²) in [5, 5.41) is 6.06. The van der Waals surface area contributed by atoms with Crippen LogP contribution in [-0.2, 0) is 0 Å². The third kappa shape index (κ3) is 3.09. The molecule has 108 valence electrons. The van der Waals surface area contributed by atoms with Gasteiger partial charge in [0, 0.05) is 22.8 Å². The van der Waals surface area contributed by atoms with Crippen LogP contribution in [0.3, 0.4) is 0 Å². The van der Waals surface area contributed by atoms with E-state index in [-0.39, 0.29) is 5.91 Å².